The highest BCUT2D eigenvalue weighted by Gasteiger charge is 2.26. The van der Waals surface area contributed by atoms with Crippen LogP contribution in [0.2, 0.25) is 5.02 Å². The Balaban J connectivity index is 2.13. The molecular formula is C19H19ClN2O4. The largest absolute Gasteiger partial charge is 0.447 e. The van der Waals surface area contributed by atoms with Crippen LogP contribution in [-0.2, 0) is 20.7 Å². The van der Waals surface area contributed by atoms with Gasteiger partial charge in [0, 0.05) is 17.1 Å². The van der Waals surface area contributed by atoms with E-state index in [1.54, 1.807) is 61.5 Å². The van der Waals surface area contributed by atoms with Gasteiger partial charge >= 0.3 is 12.0 Å². The Morgan fingerprint density at radius 2 is 1.69 bits per heavy atom. The average Bonchev–Trinajstić information content (AvgIpc) is 2.62. The molecule has 2 aromatic rings. The molecular weight excluding hydrogens is 356 g/mol. The Labute approximate surface area is 156 Å². The monoisotopic (exact) mass is 374 g/mol. The van der Waals surface area contributed by atoms with Gasteiger partial charge in [0.15, 0.2) is 0 Å². The van der Waals surface area contributed by atoms with E-state index in [1.807, 2.05) is 0 Å². The van der Waals surface area contributed by atoms with Crippen LogP contribution in [0.15, 0.2) is 54.6 Å². The molecule has 2 rings (SSSR count). The molecule has 136 valence electrons. The van der Waals surface area contributed by atoms with E-state index in [1.165, 1.54) is 0 Å². The Morgan fingerprint density at radius 1 is 1.04 bits per heavy atom. The quantitative estimate of drug-likeness (QED) is 0.761. The lowest BCUT2D eigenvalue weighted by Crippen LogP contribution is -2.42. The molecule has 0 fully saturated rings. The maximum Gasteiger partial charge on any atom is 0.321 e. The third kappa shape index (κ3) is 5.60. The van der Waals surface area contributed by atoms with Gasteiger partial charge in [-0.1, -0.05) is 60.1 Å². The highest BCUT2D eigenvalue weighted by Crippen LogP contribution is 2.21. The van der Waals surface area contributed by atoms with Crippen molar-refractivity contribution in [2.75, 3.05) is 6.54 Å². The first kappa shape index (κ1) is 19.5. The number of rotatable bonds is 6. The first-order valence-corrected chi connectivity index (χ1v) is 8.45. The van der Waals surface area contributed by atoms with Gasteiger partial charge in [0.25, 0.3) is 5.91 Å². The fraction of sp³-hybridized carbons (Fsp3) is 0.211. The minimum atomic E-state index is -1.24. The molecule has 0 unspecified atom stereocenters. The molecule has 0 aliphatic carbocycles. The van der Waals surface area contributed by atoms with Crippen molar-refractivity contribution in [1.82, 2.24) is 10.6 Å². The molecule has 2 aromatic carbocycles. The van der Waals surface area contributed by atoms with Crippen LogP contribution in [0.3, 0.4) is 0 Å². The molecule has 0 radical (unpaired) electrons. The van der Waals surface area contributed by atoms with Gasteiger partial charge in [-0.2, -0.15) is 0 Å². The zero-order valence-corrected chi connectivity index (χ0v) is 15.0. The van der Waals surface area contributed by atoms with Gasteiger partial charge < -0.3 is 10.1 Å². The molecule has 0 heterocycles. The summed E-state index contributed by atoms with van der Waals surface area (Å²) in [5.41, 5.74) is 1.05. The summed E-state index contributed by atoms with van der Waals surface area (Å²) < 4.78 is 5.35. The zero-order chi connectivity index (χ0) is 18.9. The van der Waals surface area contributed by atoms with Gasteiger partial charge in [0.05, 0.1) is 6.42 Å². The van der Waals surface area contributed by atoms with Crippen LogP contribution in [0, 0.1) is 0 Å². The number of carbonyl (C=O) groups is 3. The van der Waals surface area contributed by atoms with Crippen molar-refractivity contribution in [2.45, 2.75) is 19.4 Å². The molecule has 2 N–H and O–H groups in total. The number of imide groups is 1. The molecule has 1 atom stereocenters. The summed E-state index contributed by atoms with van der Waals surface area (Å²) in [4.78, 5) is 36.3. The van der Waals surface area contributed by atoms with Crippen molar-refractivity contribution in [2.24, 2.45) is 0 Å². The number of benzene rings is 2. The van der Waals surface area contributed by atoms with Crippen LogP contribution in [-0.4, -0.2) is 24.5 Å². The van der Waals surface area contributed by atoms with E-state index in [-0.39, 0.29) is 6.42 Å². The molecule has 0 saturated heterocycles. The predicted octanol–water partition coefficient (Wildman–Crippen LogP) is 3.01. The fourth-order valence-electron chi connectivity index (χ4n) is 2.25. The van der Waals surface area contributed by atoms with E-state index in [0.29, 0.717) is 22.7 Å². The Kier molecular flexibility index (Phi) is 7.17. The number of amides is 3. The highest BCUT2D eigenvalue weighted by atomic mass is 35.5. The summed E-state index contributed by atoms with van der Waals surface area (Å²) in [6, 6.07) is 14.7. The molecule has 6 nitrogen and oxygen atoms in total. The SMILES string of the molecule is CCNC(=O)NC(=O)[C@H](OC(=O)Cc1ccccc1Cl)c1ccccc1. The average molecular weight is 375 g/mol. The van der Waals surface area contributed by atoms with E-state index < -0.39 is 24.0 Å². The van der Waals surface area contributed by atoms with Gasteiger partial charge in [-0.3, -0.25) is 14.9 Å². The number of hydrogen-bond donors (Lipinski definition) is 2. The number of hydrogen-bond acceptors (Lipinski definition) is 4. The number of urea groups is 1. The number of ether oxygens (including phenoxy) is 1. The summed E-state index contributed by atoms with van der Waals surface area (Å²) in [7, 11) is 0. The van der Waals surface area contributed by atoms with E-state index in [2.05, 4.69) is 10.6 Å². The first-order valence-electron chi connectivity index (χ1n) is 8.07. The second-order valence-electron chi connectivity index (χ2n) is 5.40. The number of nitrogens with one attached hydrogen (secondary N) is 2. The normalized spacial score (nSPS) is 11.3. The maximum atomic E-state index is 12.4. The van der Waals surface area contributed by atoms with E-state index in [0.717, 1.165) is 0 Å². The van der Waals surface area contributed by atoms with E-state index in [9.17, 15) is 14.4 Å². The second-order valence-corrected chi connectivity index (χ2v) is 5.80. The van der Waals surface area contributed by atoms with Gasteiger partial charge in [0.1, 0.15) is 0 Å². The molecule has 7 heteroatoms. The van der Waals surface area contributed by atoms with Crippen molar-refractivity contribution in [3.63, 3.8) is 0 Å². The smallest absolute Gasteiger partial charge is 0.321 e. The van der Waals surface area contributed by atoms with Crippen molar-refractivity contribution in [1.29, 1.82) is 0 Å². The van der Waals surface area contributed by atoms with Crippen LogP contribution < -0.4 is 10.6 Å². The summed E-state index contributed by atoms with van der Waals surface area (Å²) in [5.74, 6) is -1.35. The molecule has 0 aliphatic heterocycles. The van der Waals surface area contributed by atoms with E-state index >= 15 is 0 Å². The fourth-order valence-corrected chi connectivity index (χ4v) is 2.46. The van der Waals surface area contributed by atoms with Crippen molar-refractivity contribution in [3.05, 3.63) is 70.7 Å². The van der Waals surface area contributed by atoms with Crippen LogP contribution in [0.4, 0.5) is 4.79 Å². The van der Waals surface area contributed by atoms with Crippen LogP contribution in [0.25, 0.3) is 0 Å². The molecule has 0 aromatic heterocycles. The summed E-state index contributed by atoms with van der Waals surface area (Å²) in [6.07, 6.45) is -1.33. The maximum absolute atomic E-state index is 12.4. The zero-order valence-electron chi connectivity index (χ0n) is 14.2. The predicted molar refractivity (Wildman–Crippen MR) is 97.6 cm³/mol. The summed E-state index contributed by atoms with van der Waals surface area (Å²) in [5, 5.41) is 5.06. The summed E-state index contributed by atoms with van der Waals surface area (Å²) in [6.45, 7) is 2.09. The first-order chi connectivity index (χ1) is 12.5. The van der Waals surface area contributed by atoms with Crippen LogP contribution >= 0.6 is 11.6 Å². The molecule has 0 saturated carbocycles. The van der Waals surface area contributed by atoms with Crippen molar-refractivity contribution in [3.8, 4) is 0 Å². The molecule has 26 heavy (non-hydrogen) atoms. The summed E-state index contributed by atoms with van der Waals surface area (Å²) >= 11 is 6.05. The molecule has 0 bridgehead atoms. The molecule has 0 aliphatic rings. The lowest BCUT2D eigenvalue weighted by atomic mass is 10.1. The van der Waals surface area contributed by atoms with Gasteiger partial charge in [-0.15, -0.1) is 0 Å². The number of esters is 1. The van der Waals surface area contributed by atoms with Gasteiger partial charge in [-0.25, -0.2) is 4.79 Å². The minimum absolute atomic E-state index is 0.0859. The second kappa shape index (κ2) is 9.58. The van der Waals surface area contributed by atoms with Crippen LogP contribution in [0.5, 0.6) is 0 Å². The van der Waals surface area contributed by atoms with Crippen LogP contribution in [0.1, 0.15) is 24.2 Å². The van der Waals surface area contributed by atoms with Gasteiger partial charge in [-0.05, 0) is 18.6 Å². The lowest BCUT2D eigenvalue weighted by Gasteiger charge is -2.18. The number of halogens is 1. The molecule has 0 spiro atoms. The van der Waals surface area contributed by atoms with Gasteiger partial charge in [0.2, 0.25) is 6.10 Å². The molecule has 3 amide bonds. The van der Waals surface area contributed by atoms with Crippen molar-refractivity contribution >= 4 is 29.5 Å². The Morgan fingerprint density at radius 3 is 2.35 bits per heavy atom. The third-order valence-electron chi connectivity index (χ3n) is 3.46. The standard InChI is InChI=1S/C19H19ClN2O4/c1-2-21-19(25)22-18(24)17(13-8-4-3-5-9-13)26-16(23)12-14-10-6-7-11-15(14)20/h3-11,17H,2,12H2,1H3,(H2,21,22,24,25)/t17-/m1/s1. The Bertz CT molecular complexity index is 780. The third-order valence-corrected chi connectivity index (χ3v) is 3.83. The Hall–Kier alpha value is -2.86. The van der Waals surface area contributed by atoms with Crippen molar-refractivity contribution < 1.29 is 19.1 Å². The minimum Gasteiger partial charge on any atom is -0.447 e. The highest BCUT2D eigenvalue weighted by molar-refractivity contribution is 6.31. The number of carbonyl (C=O) groups excluding carboxylic acids is 3. The topological polar surface area (TPSA) is 84.5 Å². The van der Waals surface area contributed by atoms with E-state index in [4.69, 9.17) is 16.3 Å². The lowest BCUT2D eigenvalue weighted by molar-refractivity contribution is -0.155.